The van der Waals surface area contributed by atoms with Crippen LogP contribution >= 0.6 is 27.3 Å². The zero-order valence-electron chi connectivity index (χ0n) is 12.3. The summed E-state index contributed by atoms with van der Waals surface area (Å²) in [6.45, 7) is 7.67. The Morgan fingerprint density at radius 1 is 1.20 bits per heavy atom. The first-order valence-corrected chi connectivity index (χ1v) is 8.82. The lowest BCUT2D eigenvalue weighted by molar-refractivity contribution is 0.412. The Labute approximate surface area is 134 Å². The minimum absolute atomic E-state index is 0.404. The van der Waals surface area contributed by atoms with Crippen LogP contribution in [-0.2, 0) is 13.0 Å². The van der Waals surface area contributed by atoms with Crippen LogP contribution < -0.4 is 5.32 Å². The van der Waals surface area contributed by atoms with Gasteiger partial charge in [0.25, 0.3) is 0 Å². The van der Waals surface area contributed by atoms with E-state index in [1.165, 1.54) is 20.5 Å². The van der Waals surface area contributed by atoms with Crippen molar-refractivity contribution >= 4 is 27.3 Å². The van der Waals surface area contributed by atoms with Crippen LogP contribution in [0, 0.1) is 5.92 Å². The summed E-state index contributed by atoms with van der Waals surface area (Å²) in [6.07, 6.45) is 1.10. The maximum absolute atomic E-state index is 3.69. The lowest BCUT2D eigenvalue weighted by Crippen LogP contribution is -2.25. The average molecular weight is 352 g/mol. The summed E-state index contributed by atoms with van der Waals surface area (Å²) < 4.78 is 1.17. The fourth-order valence-electron chi connectivity index (χ4n) is 2.36. The molecule has 1 aromatic carbocycles. The summed E-state index contributed by atoms with van der Waals surface area (Å²) in [4.78, 5) is 1.37. The molecule has 1 aromatic heterocycles. The van der Waals surface area contributed by atoms with Crippen LogP contribution in [0.4, 0.5) is 0 Å². The van der Waals surface area contributed by atoms with Gasteiger partial charge in [0.15, 0.2) is 0 Å². The fourth-order valence-corrected chi connectivity index (χ4v) is 3.76. The number of hydrogen-bond acceptors (Lipinski definition) is 2. The van der Waals surface area contributed by atoms with E-state index in [4.69, 9.17) is 0 Å². The molecule has 2 aromatic rings. The number of thiophene rings is 1. The van der Waals surface area contributed by atoms with Gasteiger partial charge in [-0.3, -0.25) is 0 Å². The number of nitrogens with one attached hydrogen (secondary N) is 1. The first-order chi connectivity index (χ1) is 9.60. The summed E-state index contributed by atoms with van der Waals surface area (Å²) in [6, 6.07) is 11.6. The summed E-state index contributed by atoms with van der Waals surface area (Å²) in [5.41, 5.74) is 2.78. The van der Waals surface area contributed by atoms with Crippen LogP contribution in [0.3, 0.4) is 0 Å². The minimum atomic E-state index is 0.404. The number of aryl methyl sites for hydroxylation is 1. The van der Waals surface area contributed by atoms with Crippen molar-refractivity contribution in [3.05, 3.63) is 56.2 Å². The highest BCUT2D eigenvalue weighted by Crippen LogP contribution is 2.25. The van der Waals surface area contributed by atoms with Crippen LogP contribution in [0.15, 0.2) is 40.2 Å². The highest BCUT2D eigenvalue weighted by molar-refractivity contribution is 9.10. The molecule has 0 unspecified atom stereocenters. The molecule has 0 aliphatic heterocycles. The second kappa shape index (κ2) is 7.39. The molecule has 3 heteroatoms. The van der Waals surface area contributed by atoms with Crippen LogP contribution in [-0.4, -0.2) is 0 Å². The van der Waals surface area contributed by atoms with Crippen LogP contribution in [0.5, 0.6) is 0 Å². The van der Waals surface area contributed by atoms with Gasteiger partial charge in [-0.25, -0.2) is 0 Å². The molecule has 1 N–H and O–H groups in total. The van der Waals surface area contributed by atoms with E-state index in [1.54, 1.807) is 11.3 Å². The van der Waals surface area contributed by atoms with E-state index < -0.39 is 0 Å². The molecule has 0 bridgehead atoms. The van der Waals surface area contributed by atoms with Crippen molar-refractivity contribution in [2.24, 2.45) is 5.92 Å². The Balaban J connectivity index is 2.06. The van der Waals surface area contributed by atoms with Crippen molar-refractivity contribution in [2.45, 2.75) is 39.8 Å². The van der Waals surface area contributed by atoms with Crippen molar-refractivity contribution in [2.75, 3.05) is 0 Å². The third-order valence-electron chi connectivity index (χ3n) is 3.53. The molecule has 0 saturated carbocycles. The quantitative estimate of drug-likeness (QED) is 0.718. The third-order valence-corrected chi connectivity index (χ3v) is 5.23. The molecule has 0 aliphatic carbocycles. The van der Waals surface area contributed by atoms with Gasteiger partial charge in [-0.05, 0) is 45.5 Å². The molecule has 108 valence electrons. The molecule has 1 nitrogen and oxygen atoms in total. The van der Waals surface area contributed by atoms with E-state index in [0.29, 0.717) is 12.0 Å². The van der Waals surface area contributed by atoms with E-state index in [-0.39, 0.29) is 0 Å². The molecule has 0 radical (unpaired) electrons. The highest BCUT2D eigenvalue weighted by Gasteiger charge is 2.15. The van der Waals surface area contributed by atoms with Crippen molar-refractivity contribution < 1.29 is 0 Å². The molecule has 1 heterocycles. The number of hydrogen-bond donors (Lipinski definition) is 1. The van der Waals surface area contributed by atoms with Gasteiger partial charge in [-0.1, -0.05) is 45.0 Å². The molecular formula is C17H22BrNS. The molecule has 0 aliphatic rings. The summed E-state index contributed by atoms with van der Waals surface area (Å²) in [5.74, 6) is 0.575. The predicted octanol–water partition coefficient (Wildman–Crippen LogP) is 5.56. The summed E-state index contributed by atoms with van der Waals surface area (Å²) in [7, 11) is 0. The molecule has 0 spiro atoms. The first kappa shape index (κ1) is 15.7. The average Bonchev–Trinajstić information content (AvgIpc) is 2.85. The van der Waals surface area contributed by atoms with Gasteiger partial charge in [0, 0.05) is 27.3 Å². The molecule has 20 heavy (non-hydrogen) atoms. The molecule has 2 rings (SSSR count). The SMILES string of the molecule is CCc1ccc([C@@H](NCc2cc(Br)cs2)C(C)C)cc1. The molecular weight excluding hydrogens is 330 g/mol. The van der Waals surface area contributed by atoms with Crippen molar-refractivity contribution in [3.8, 4) is 0 Å². The van der Waals surface area contributed by atoms with E-state index in [9.17, 15) is 0 Å². The molecule has 0 amide bonds. The highest BCUT2D eigenvalue weighted by atomic mass is 79.9. The summed E-state index contributed by atoms with van der Waals surface area (Å²) >= 11 is 5.31. The Bertz CT molecular complexity index is 530. The van der Waals surface area contributed by atoms with Gasteiger partial charge in [0.2, 0.25) is 0 Å². The van der Waals surface area contributed by atoms with E-state index in [0.717, 1.165) is 13.0 Å². The van der Waals surface area contributed by atoms with E-state index in [1.807, 2.05) is 0 Å². The van der Waals surface area contributed by atoms with Gasteiger partial charge in [-0.2, -0.15) is 0 Å². The Kier molecular flexibility index (Phi) is 5.82. The van der Waals surface area contributed by atoms with E-state index >= 15 is 0 Å². The Hall–Kier alpha value is -0.640. The second-order valence-electron chi connectivity index (χ2n) is 5.43. The minimum Gasteiger partial charge on any atom is -0.305 e. The lowest BCUT2D eigenvalue weighted by atomic mass is 9.95. The number of halogens is 1. The fraction of sp³-hybridized carbons (Fsp3) is 0.412. The van der Waals surface area contributed by atoms with Gasteiger partial charge >= 0.3 is 0 Å². The monoisotopic (exact) mass is 351 g/mol. The Morgan fingerprint density at radius 2 is 1.90 bits per heavy atom. The number of benzene rings is 1. The van der Waals surface area contributed by atoms with E-state index in [2.05, 4.69) is 77.7 Å². The summed E-state index contributed by atoms with van der Waals surface area (Å²) in [5, 5.41) is 5.83. The Morgan fingerprint density at radius 3 is 2.40 bits per heavy atom. The van der Waals surface area contributed by atoms with Crippen molar-refractivity contribution in [3.63, 3.8) is 0 Å². The van der Waals surface area contributed by atoms with Crippen LogP contribution in [0.2, 0.25) is 0 Å². The van der Waals surface area contributed by atoms with Gasteiger partial charge in [0.05, 0.1) is 0 Å². The van der Waals surface area contributed by atoms with Gasteiger partial charge in [-0.15, -0.1) is 11.3 Å². The largest absolute Gasteiger partial charge is 0.305 e. The molecule has 1 atom stereocenters. The zero-order chi connectivity index (χ0) is 14.5. The zero-order valence-corrected chi connectivity index (χ0v) is 14.7. The maximum Gasteiger partial charge on any atom is 0.0346 e. The first-order valence-electron chi connectivity index (χ1n) is 7.15. The topological polar surface area (TPSA) is 12.0 Å². The molecule has 0 fully saturated rings. The normalized spacial score (nSPS) is 12.8. The van der Waals surface area contributed by atoms with Crippen molar-refractivity contribution in [1.29, 1.82) is 0 Å². The number of rotatable bonds is 6. The van der Waals surface area contributed by atoms with Crippen LogP contribution in [0.1, 0.15) is 42.8 Å². The predicted molar refractivity (Wildman–Crippen MR) is 92.3 cm³/mol. The van der Waals surface area contributed by atoms with Gasteiger partial charge in [0.1, 0.15) is 0 Å². The van der Waals surface area contributed by atoms with Crippen molar-refractivity contribution in [1.82, 2.24) is 5.32 Å². The van der Waals surface area contributed by atoms with Crippen LogP contribution in [0.25, 0.3) is 0 Å². The second-order valence-corrected chi connectivity index (χ2v) is 7.34. The maximum atomic E-state index is 3.69. The smallest absolute Gasteiger partial charge is 0.0346 e. The van der Waals surface area contributed by atoms with Gasteiger partial charge < -0.3 is 5.32 Å². The third kappa shape index (κ3) is 4.18. The lowest BCUT2D eigenvalue weighted by Gasteiger charge is -2.23. The standard InChI is InChI=1S/C17H22BrNS/c1-4-13-5-7-14(8-6-13)17(12(2)3)19-10-16-9-15(18)11-20-16/h5-9,11-12,17,19H,4,10H2,1-3H3/t17-/m0/s1. The molecule has 0 saturated heterocycles.